The van der Waals surface area contributed by atoms with Gasteiger partial charge in [-0.05, 0) is 38.9 Å². The van der Waals surface area contributed by atoms with Crippen LogP contribution in [-0.4, -0.2) is 65.2 Å². The van der Waals surface area contributed by atoms with Crippen LogP contribution < -0.4 is 5.73 Å². The molecule has 1 aliphatic heterocycles. The van der Waals surface area contributed by atoms with Crippen LogP contribution in [0.15, 0.2) is 18.7 Å². The highest BCUT2D eigenvalue weighted by atomic mass is 15.3. The summed E-state index contributed by atoms with van der Waals surface area (Å²) in [7, 11) is 0. The minimum absolute atomic E-state index is 0.838. The molecule has 1 aromatic rings. The molecule has 1 aromatic heterocycles. The molecule has 0 radical (unpaired) electrons. The van der Waals surface area contributed by atoms with Gasteiger partial charge in [0.25, 0.3) is 0 Å². The fourth-order valence-corrected chi connectivity index (χ4v) is 2.79. The lowest BCUT2D eigenvalue weighted by atomic mass is 10.2. The zero-order valence-electron chi connectivity index (χ0n) is 12.6. The van der Waals surface area contributed by atoms with Crippen LogP contribution in [0.2, 0.25) is 0 Å². The summed E-state index contributed by atoms with van der Waals surface area (Å²) in [5, 5.41) is 0. The van der Waals surface area contributed by atoms with E-state index in [-0.39, 0.29) is 0 Å². The molecule has 5 nitrogen and oxygen atoms in total. The van der Waals surface area contributed by atoms with Crippen molar-refractivity contribution in [3.05, 3.63) is 18.7 Å². The smallest absolute Gasteiger partial charge is 0.0945 e. The zero-order valence-corrected chi connectivity index (χ0v) is 12.6. The normalized spacial score (nSPS) is 17.6. The van der Waals surface area contributed by atoms with Crippen molar-refractivity contribution in [2.24, 2.45) is 5.73 Å². The number of imidazole rings is 1. The number of hydrogen-bond donors (Lipinski definition) is 1. The summed E-state index contributed by atoms with van der Waals surface area (Å²) in [6, 6.07) is 0. The Morgan fingerprint density at radius 1 is 0.850 bits per heavy atom. The predicted octanol–water partition coefficient (Wildman–Crippen LogP) is 1.02. The van der Waals surface area contributed by atoms with Crippen LogP contribution in [-0.2, 0) is 6.54 Å². The Hall–Kier alpha value is -0.910. The summed E-state index contributed by atoms with van der Waals surface area (Å²) in [6.07, 6.45) is 10.8. The number of rotatable bonds is 9. The van der Waals surface area contributed by atoms with E-state index in [4.69, 9.17) is 5.73 Å². The minimum atomic E-state index is 0.838. The number of aryl methyl sites for hydroxylation is 1. The Labute approximate surface area is 122 Å². The third-order valence-electron chi connectivity index (χ3n) is 4.09. The summed E-state index contributed by atoms with van der Waals surface area (Å²) in [6.45, 7) is 9.29. The van der Waals surface area contributed by atoms with Crippen LogP contribution in [0.5, 0.6) is 0 Å². The lowest BCUT2D eigenvalue weighted by Crippen LogP contribution is -2.46. The average Bonchev–Trinajstić information content (AvgIpc) is 2.98. The first-order valence-electron chi connectivity index (χ1n) is 7.99. The minimum Gasteiger partial charge on any atom is -0.337 e. The maximum atomic E-state index is 5.52. The Kier molecular flexibility index (Phi) is 7.05. The molecule has 20 heavy (non-hydrogen) atoms. The van der Waals surface area contributed by atoms with Gasteiger partial charge in [0, 0.05) is 45.1 Å². The van der Waals surface area contributed by atoms with Crippen LogP contribution in [0, 0.1) is 0 Å². The van der Waals surface area contributed by atoms with Gasteiger partial charge in [-0.25, -0.2) is 4.98 Å². The van der Waals surface area contributed by atoms with Crippen molar-refractivity contribution < 1.29 is 0 Å². The van der Waals surface area contributed by atoms with Crippen molar-refractivity contribution in [2.45, 2.75) is 32.2 Å². The van der Waals surface area contributed by atoms with Crippen LogP contribution in [0.25, 0.3) is 0 Å². The molecule has 2 N–H and O–H groups in total. The quantitative estimate of drug-likeness (QED) is 0.686. The first-order chi connectivity index (χ1) is 9.88. The van der Waals surface area contributed by atoms with Crippen molar-refractivity contribution in [3.63, 3.8) is 0 Å². The molecule has 0 saturated carbocycles. The second kappa shape index (κ2) is 9.10. The van der Waals surface area contributed by atoms with Crippen molar-refractivity contribution >= 4 is 0 Å². The van der Waals surface area contributed by atoms with E-state index in [1.807, 2.05) is 18.7 Å². The summed E-state index contributed by atoms with van der Waals surface area (Å²) < 4.78 is 2.16. The third kappa shape index (κ3) is 5.61. The number of aromatic nitrogens is 2. The molecule has 0 unspecified atom stereocenters. The summed E-state index contributed by atoms with van der Waals surface area (Å²) in [5.41, 5.74) is 5.52. The van der Waals surface area contributed by atoms with E-state index in [0.717, 1.165) is 13.1 Å². The molecule has 1 aliphatic rings. The van der Waals surface area contributed by atoms with Gasteiger partial charge in [-0.3, -0.25) is 0 Å². The molecule has 114 valence electrons. The monoisotopic (exact) mass is 279 g/mol. The largest absolute Gasteiger partial charge is 0.337 e. The van der Waals surface area contributed by atoms with Gasteiger partial charge in [0.05, 0.1) is 6.33 Å². The van der Waals surface area contributed by atoms with Crippen molar-refractivity contribution in [1.82, 2.24) is 19.4 Å². The van der Waals surface area contributed by atoms with E-state index in [2.05, 4.69) is 19.4 Å². The maximum Gasteiger partial charge on any atom is 0.0945 e. The first kappa shape index (κ1) is 15.5. The van der Waals surface area contributed by atoms with Gasteiger partial charge >= 0.3 is 0 Å². The molecule has 0 amide bonds. The van der Waals surface area contributed by atoms with Gasteiger partial charge in [-0.2, -0.15) is 0 Å². The molecule has 1 saturated heterocycles. The Morgan fingerprint density at radius 2 is 1.55 bits per heavy atom. The van der Waals surface area contributed by atoms with Gasteiger partial charge < -0.3 is 20.1 Å². The van der Waals surface area contributed by atoms with Gasteiger partial charge in [-0.15, -0.1) is 0 Å². The van der Waals surface area contributed by atoms with Gasteiger partial charge in [-0.1, -0.05) is 6.42 Å². The number of unbranched alkanes of at least 4 members (excludes halogenated alkanes) is 2. The highest BCUT2D eigenvalue weighted by Gasteiger charge is 2.15. The molecule has 1 fully saturated rings. The number of piperazine rings is 1. The molecule has 2 rings (SSSR count). The van der Waals surface area contributed by atoms with E-state index < -0.39 is 0 Å². The molecule has 0 aliphatic carbocycles. The summed E-state index contributed by atoms with van der Waals surface area (Å²) in [5.74, 6) is 0. The Bertz CT molecular complexity index is 330. The fourth-order valence-electron chi connectivity index (χ4n) is 2.79. The Balaban J connectivity index is 1.50. The summed E-state index contributed by atoms with van der Waals surface area (Å²) in [4.78, 5) is 9.26. The number of nitrogens with zero attached hydrogens (tertiary/aromatic N) is 4. The van der Waals surface area contributed by atoms with Gasteiger partial charge in [0.2, 0.25) is 0 Å². The SMILES string of the molecule is NCCCCCN1CCN(CCCn2ccnc2)CC1. The topological polar surface area (TPSA) is 50.3 Å². The highest BCUT2D eigenvalue weighted by Crippen LogP contribution is 2.05. The average molecular weight is 279 g/mol. The van der Waals surface area contributed by atoms with E-state index >= 15 is 0 Å². The van der Waals surface area contributed by atoms with E-state index in [0.29, 0.717) is 0 Å². The number of nitrogens with two attached hydrogens (primary N) is 1. The molecule has 0 atom stereocenters. The summed E-state index contributed by atoms with van der Waals surface area (Å²) >= 11 is 0. The second-order valence-electron chi connectivity index (χ2n) is 5.69. The van der Waals surface area contributed by atoms with E-state index in [9.17, 15) is 0 Å². The lowest BCUT2D eigenvalue weighted by molar-refractivity contribution is 0.128. The van der Waals surface area contributed by atoms with Crippen molar-refractivity contribution in [1.29, 1.82) is 0 Å². The predicted molar refractivity (Wildman–Crippen MR) is 82.6 cm³/mol. The van der Waals surface area contributed by atoms with Crippen LogP contribution in [0.1, 0.15) is 25.7 Å². The van der Waals surface area contributed by atoms with Crippen molar-refractivity contribution in [3.8, 4) is 0 Å². The van der Waals surface area contributed by atoms with Crippen molar-refractivity contribution in [2.75, 3.05) is 45.8 Å². The second-order valence-corrected chi connectivity index (χ2v) is 5.69. The number of hydrogen-bond acceptors (Lipinski definition) is 4. The zero-order chi connectivity index (χ0) is 14.0. The van der Waals surface area contributed by atoms with Gasteiger partial charge in [0.1, 0.15) is 0 Å². The molecule has 0 aromatic carbocycles. The lowest BCUT2D eigenvalue weighted by Gasteiger charge is -2.34. The Morgan fingerprint density at radius 3 is 2.15 bits per heavy atom. The molecule has 5 heteroatoms. The van der Waals surface area contributed by atoms with Crippen LogP contribution in [0.3, 0.4) is 0 Å². The third-order valence-corrected chi connectivity index (χ3v) is 4.09. The standard InChI is InChI=1S/C15H29N5/c16-5-2-1-3-7-18-11-13-19(14-12-18)8-4-9-20-10-6-17-15-20/h6,10,15H,1-5,7-9,11-14,16H2. The van der Waals surface area contributed by atoms with E-state index in [1.54, 1.807) is 0 Å². The fraction of sp³-hybridized carbons (Fsp3) is 0.800. The van der Waals surface area contributed by atoms with Crippen LogP contribution in [0.4, 0.5) is 0 Å². The molecule has 0 bridgehead atoms. The molecule has 2 heterocycles. The van der Waals surface area contributed by atoms with Gasteiger partial charge in [0.15, 0.2) is 0 Å². The first-order valence-corrected chi connectivity index (χ1v) is 7.99. The molecule has 0 spiro atoms. The van der Waals surface area contributed by atoms with Crippen LogP contribution >= 0.6 is 0 Å². The highest BCUT2D eigenvalue weighted by molar-refractivity contribution is 4.75. The molecular formula is C15H29N5. The maximum absolute atomic E-state index is 5.52. The molecular weight excluding hydrogens is 250 g/mol. The van der Waals surface area contributed by atoms with E-state index in [1.165, 1.54) is 65.0 Å².